The standard InChI is InChI=1S/C17H26N2O2/c1-12-5-6-15(11-13(12)2)21-14-7-9-19(10-8-14)16(20)17(3,4)18/h5-6,11,14H,7-10,18H2,1-4H3. The fourth-order valence-electron chi connectivity index (χ4n) is 2.56. The molecule has 1 aliphatic heterocycles. The topological polar surface area (TPSA) is 55.6 Å². The molecule has 2 rings (SSSR count). The summed E-state index contributed by atoms with van der Waals surface area (Å²) >= 11 is 0. The van der Waals surface area contributed by atoms with Gasteiger partial charge in [-0.25, -0.2) is 0 Å². The number of nitrogens with two attached hydrogens (primary N) is 1. The maximum absolute atomic E-state index is 12.1. The Morgan fingerprint density at radius 3 is 2.38 bits per heavy atom. The van der Waals surface area contributed by atoms with E-state index in [4.69, 9.17) is 10.5 Å². The number of amides is 1. The highest BCUT2D eigenvalue weighted by Gasteiger charge is 2.31. The highest BCUT2D eigenvalue weighted by atomic mass is 16.5. The monoisotopic (exact) mass is 290 g/mol. The van der Waals surface area contributed by atoms with E-state index in [1.54, 1.807) is 13.8 Å². The number of nitrogens with zero attached hydrogens (tertiary/aromatic N) is 1. The van der Waals surface area contributed by atoms with Crippen molar-refractivity contribution in [3.63, 3.8) is 0 Å². The second-order valence-electron chi connectivity index (χ2n) is 6.58. The lowest BCUT2D eigenvalue weighted by atomic mass is 10.0. The minimum absolute atomic E-state index is 0.0205. The van der Waals surface area contributed by atoms with Gasteiger partial charge >= 0.3 is 0 Å². The molecule has 1 aromatic rings. The molecule has 1 fully saturated rings. The van der Waals surface area contributed by atoms with Gasteiger partial charge in [0.15, 0.2) is 0 Å². The van der Waals surface area contributed by atoms with Crippen LogP contribution in [0, 0.1) is 13.8 Å². The van der Waals surface area contributed by atoms with E-state index in [2.05, 4.69) is 26.0 Å². The van der Waals surface area contributed by atoms with Crippen molar-refractivity contribution in [1.29, 1.82) is 0 Å². The quantitative estimate of drug-likeness (QED) is 0.930. The number of piperidine rings is 1. The Labute approximate surface area is 127 Å². The predicted molar refractivity (Wildman–Crippen MR) is 84.4 cm³/mol. The van der Waals surface area contributed by atoms with Crippen molar-refractivity contribution in [3.8, 4) is 5.75 Å². The first kappa shape index (κ1) is 15.8. The third-order valence-corrected chi connectivity index (χ3v) is 4.06. The minimum atomic E-state index is -0.790. The molecular formula is C17H26N2O2. The van der Waals surface area contributed by atoms with E-state index in [1.807, 2.05) is 11.0 Å². The average Bonchev–Trinajstić information content (AvgIpc) is 2.42. The summed E-state index contributed by atoms with van der Waals surface area (Å²) in [5, 5.41) is 0. The summed E-state index contributed by atoms with van der Waals surface area (Å²) < 4.78 is 6.04. The summed E-state index contributed by atoms with van der Waals surface area (Å²) in [6, 6.07) is 6.18. The first-order valence-corrected chi connectivity index (χ1v) is 7.59. The first-order chi connectivity index (χ1) is 9.77. The lowest BCUT2D eigenvalue weighted by Gasteiger charge is -2.35. The van der Waals surface area contributed by atoms with Gasteiger partial charge in [-0.3, -0.25) is 4.79 Å². The number of benzene rings is 1. The van der Waals surface area contributed by atoms with Gasteiger partial charge in [0.05, 0.1) is 5.54 Å². The molecule has 0 aliphatic carbocycles. The Kier molecular flexibility index (Phi) is 4.57. The number of rotatable bonds is 3. The molecule has 1 heterocycles. The Morgan fingerprint density at radius 1 is 1.24 bits per heavy atom. The van der Waals surface area contributed by atoms with Gasteiger partial charge in [0.1, 0.15) is 11.9 Å². The lowest BCUT2D eigenvalue weighted by molar-refractivity contribution is -0.137. The lowest BCUT2D eigenvalue weighted by Crippen LogP contribution is -2.54. The Bertz CT molecular complexity index is 512. The number of carbonyl (C=O) groups excluding carboxylic acids is 1. The van der Waals surface area contributed by atoms with Gasteiger partial charge in [-0.2, -0.15) is 0 Å². The smallest absolute Gasteiger partial charge is 0.242 e. The van der Waals surface area contributed by atoms with Crippen LogP contribution in [0.15, 0.2) is 18.2 Å². The zero-order valence-corrected chi connectivity index (χ0v) is 13.5. The van der Waals surface area contributed by atoms with Crippen molar-refractivity contribution in [3.05, 3.63) is 29.3 Å². The molecule has 1 aliphatic rings. The molecule has 4 heteroatoms. The van der Waals surface area contributed by atoms with Crippen LogP contribution in [0.5, 0.6) is 5.75 Å². The molecule has 1 amide bonds. The van der Waals surface area contributed by atoms with Crippen LogP contribution in [0.1, 0.15) is 37.8 Å². The zero-order valence-electron chi connectivity index (χ0n) is 13.5. The molecule has 1 saturated heterocycles. The molecule has 0 radical (unpaired) electrons. The fraction of sp³-hybridized carbons (Fsp3) is 0.588. The average molecular weight is 290 g/mol. The van der Waals surface area contributed by atoms with Gasteiger partial charge < -0.3 is 15.4 Å². The van der Waals surface area contributed by atoms with Crippen LogP contribution in [-0.4, -0.2) is 35.5 Å². The number of hydrogen-bond donors (Lipinski definition) is 1. The number of hydrogen-bond acceptors (Lipinski definition) is 3. The van der Waals surface area contributed by atoms with Crippen molar-refractivity contribution >= 4 is 5.91 Å². The molecule has 2 N–H and O–H groups in total. The van der Waals surface area contributed by atoms with E-state index in [1.165, 1.54) is 11.1 Å². The summed E-state index contributed by atoms with van der Waals surface area (Å²) in [7, 11) is 0. The van der Waals surface area contributed by atoms with Crippen molar-refractivity contribution in [2.24, 2.45) is 5.73 Å². The number of likely N-dealkylation sites (tertiary alicyclic amines) is 1. The molecule has 116 valence electrons. The largest absolute Gasteiger partial charge is 0.490 e. The minimum Gasteiger partial charge on any atom is -0.490 e. The Balaban J connectivity index is 1.89. The highest BCUT2D eigenvalue weighted by molar-refractivity contribution is 5.85. The van der Waals surface area contributed by atoms with E-state index in [0.29, 0.717) is 0 Å². The molecule has 0 saturated carbocycles. The Morgan fingerprint density at radius 2 is 1.86 bits per heavy atom. The van der Waals surface area contributed by atoms with Gasteiger partial charge in [0, 0.05) is 25.9 Å². The van der Waals surface area contributed by atoms with Crippen molar-refractivity contribution in [1.82, 2.24) is 4.90 Å². The van der Waals surface area contributed by atoms with Crippen LogP contribution in [0.2, 0.25) is 0 Å². The van der Waals surface area contributed by atoms with Crippen LogP contribution in [0.3, 0.4) is 0 Å². The summed E-state index contributed by atoms with van der Waals surface area (Å²) in [6.45, 7) is 9.13. The van der Waals surface area contributed by atoms with Gasteiger partial charge in [-0.15, -0.1) is 0 Å². The van der Waals surface area contributed by atoms with Crippen LogP contribution in [0.4, 0.5) is 0 Å². The molecule has 0 atom stereocenters. The SMILES string of the molecule is Cc1ccc(OC2CCN(C(=O)C(C)(C)N)CC2)cc1C. The molecule has 0 aromatic heterocycles. The Hall–Kier alpha value is -1.55. The molecule has 4 nitrogen and oxygen atoms in total. The van der Waals surface area contributed by atoms with E-state index >= 15 is 0 Å². The maximum Gasteiger partial charge on any atom is 0.242 e. The molecule has 21 heavy (non-hydrogen) atoms. The van der Waals surface area contributed by atoms with Gasteiger partial charge in [0.25, 0.3) is 0 Å². The second kappa shape index (κ2) is 6.06. The molecular weight excluding hydrogens is 264 g/mol. The molecule has 0 unspecified atom stereocenters. The van der Waals surface area contributed by atoms with Crippen molar-refractivity contribution in [2.45, 2.75) is 52.2 Å². The van der Waals surface area contributed by atoms with Crippen LogP contribution >= 0.6 is 0 Å². The number of aryl methyl sites for hydroxylation is 2. The van der Waals surface area contributed by atoms with Gasteiger partial charge in [0.2, 0.25) is 5.91 Å². The van der Waals surface area contributed by atoms with E-state index in [9.17, 15) is 4.79 Å². The summed E-state index contributed by atoms with van der Waals surface area (Å²) in [5.74, 6) is 0.939. The summed E-state index contributed by atoms with van der Waals surface area (Å²) in [4.78, 5) is 14.0. The third-order valence-electron chi connectivity index (χ3n) is 4.06. The molecule has 0 spiro atoms. The summed E-state index contributed by atoms with van der Waals surface area (Å²) in [6.07, 6.45) is 1.89. The van der Waals surface area contributed by atoms with E-state index in [0.717, 1.165) is 31.7 Å². The van der Waals surface area contributed by atoms with E-state index < -0.39 is 5.54 Å². The number of ether oxygens (including phenoxy) is 1. The first-order valence-electron chi connectivity index (χ1n) is 7.59. The van der Waals surface area contributed by atoms with Crippen molar-refractivity contribution < 1.29 is 9.53 Å². The maximum atomic E-state index is 12.1. The van der Waals surface area contributed by atoms with Gasteiger partial charge in [-0.1, -0.05) is 6.07 Å². The predicted octanol–water partition coefficient (Wildman–Crippen LogP) is 2.41. The zero-order chi connectivity index (χ0) is 15.6. The molecule has 0 bridgehead atoms. The van der Waals surface area contributed by atoms with E-state index in [-0.39, 0.29) is 12.0 Å². The third kappa shape index (κ3) is 3.97. The van der Waals surface area contributed by atoms with Crippen LogP contribution in [0.25, 0.3) is 0 Å². The van der Waals surface area contributed by atoms with Crippen LogP contribution < -0.4 is 10.5 Å². The number of carbonyl (C=O) groups is 1. The van der Waals surface area contributed by atoms with Crippen molar-refractivity contribution in [2.75, 3.05) is 13.1 Å². The fourth-order valence-corrected chi connectivity index (χ4v) is 2.56. The highest BCUT2D eigenvalue weighted by Crippen LogP contribution is 2.22. The second-order valence-corrected chi connectivity index (χ2v) is 6.58. The summed E-state index contributed by atoms with van der Waals surface area (Å²) in [5.41, 5.74) is 7.60. The normalized spacial score (nSPS) is 16.9. The molecule has 1 aromatic carbocycles. The van der Waals surface area contributed by atoms with Crippen LogP contribution in [-0.2, 0) is 4.79 Å². The van der Waals surface area contributed by atoms with Gasteiger partial charge in [-0.05, 0) is 51.0 Å².